The van der Waals surface area contributed by atoms with Gasteiger partial charge < -0.3 is 0 Å². The Balaban J connectivity index is 4.10. The highest BCUT2D eigenvalue weighted by Gasteiger charge is 1.88. The summed E-state index contributed by atoms with van der Waals surface area (Å²) in [6.45, 7) is 9.30. The van der Waals surface area contributed by atoms with E-state index in [1.165, 1.54) is 12.8 Å². The Morgan fingerprint density at radius 1 is 1.06 bits per heavy atom. The molecule has 0 aliphatic rings. The Kier molecular flexibility index (Phi) is 12.1. The Morgan fingerprint density at radius 2 is 1.78 bits per heavy atom. The van der Waals surface area contributed by atoms with Crippen LogP contribution in [-0.2, 0) is 0 Å². The monoisotopic (exact) mass is 240 g/mol. The first-order chi connectivity index (χ1) is 8.85. The number of unbranched alkanes of at least 4 members (excludes halogenated alkanes) is 3. The van der Waals surface area contributed by atoms with E-state index in [1.807, 2.05) is 31.2 Å². The summed E-state index contributed by atoms with van der Waals surface area (Å²) in [4.78, 5) is 0. The second-order valence-corrected chi connectivity index (χ2v) is 4.00. The summed E-state index contributed by atoms with van der Waals surface area (Å²) in [5.41, 5.74) is 4.33. The largest absolute Gasteiger partial charge is 0.125 e. The SMILES string of the molecule is C=CCCCCC=C=C/C=C(/C#CC)CCC=C. The van der Waals surface area contributed by atoms with Crippen LogP contribution in [0.4, 0.5) is 0 Å². The first-order valence-electron chi connectivity index (χ1n) is 6.59. The van der Waals surface area contributed by atoms with Crippen LogP contribution in [0.2, 0.25) is 0 Å². The summed E-state index contributed by atoms with van der Waals surface area (Å²) in [6.07, 6.45) is 16.5. The minimum absolute atomic E-state index is 0.960. The van der Waals surface area contributed by atoms with Crippen LogP contribution in [-0.4, -0.2) is 0 Å². The maximum absolute atomic E-state index is 3.72. The van der Waals surface area contributed by atoms with Crippen LogP contribution >= 0.6 is 0 Å². The average Bonchev–Trinajstić information content (AvgIpc) is 2.39. The Hall–Kier alpha value is -1.70. The molecule has 0 saturated carbocycles. The number of hydrogen-bond acceptors (Lipinski definition) is 0. The zero-order valence-corrected chi connectivity index (χ0v) is 11.5. The van der Waals surface area contributed by atoms with E-state index < -0.39 is 0 Å². The quantitative estimate of drug-likeness (QED) is 0.167. The normalized spacial score (nSPS) is 9.72. The van der Waals surface area contributed by atoms with Crippen LogP contribution < -0.4 is 0 Å². The van der Waals surface area contributed by atoms with E-state index in [4.69, 9.17) is 0 Å². The molecule has 0 aliphatic heterocycles. The van der Waals surface area contributed by atoms with Crippen LogP contribution in [0.3, 0.4) is 0 Å². The zero-order chi connectivity index (χ0) is 13.5. The van der Waals surface area contributed by atoms with E-state index in [2.05, 4.69) is 36.8 Å². The molecule has 0 fully saturated rings. The van der Waals surface area contributed by atoms with Gasteiger partial charge in [0.2, 0.25) is 0 Å². The summed E-state index contributed by atoms with van der Waals surface area (Å²) in [7, 11) is 0. The minimum Gasteiger partial charge on any atom is -0.125 e. The highest BCUT2D eigenvalue weighted by atomic mass is 13.9. The molecule has 0 aromatic rings. The second-order valence-electron chi connectivity index (χ2n) is 4.00. The van der Waals surface area contributed by atoms with Gasteiger partial charge in [-0.25, -0.2) is 0 Å². The third-order valence-corrected chi connectivity index (χ3v) is 2.41. The molecule has 18 heavy (non-hydrogen) atoms. The topological polar surface area (TPSA) is 0 Å². The van der Waals surface area contributed by atoms with E-state index in [-0.39, 0.29) is 0 Å². The lowest BCUT2D eigenvalue weighted by Crippen LogP contribution is -1.77. The zero-order valence-electron chi connectivity index (χ0n) is 11.5. The number of hydrogen-bond donors (Lipinski definition) is 0. The van der Waals surface area contributed by atoms with Crippen molar-refractivity contribution in [2.24, 2.45) is 0 Å². The molecule has 0 aliphatic carbocycles. The van der Waals surface area contributed by atoms with Crippen LogP contribution in [0.1, 0.15) is 45.4 Å². The molecule has 0 radical (unpaired) electrons. The van der Waals surface area contributed by atoms with Crippen molar-refractivity contribution in [3.63, 3.8) is 0 Å². The van der Waals surface area contributed by atoms with Crippen molar-refractivity contribution in [2.45, 2.75) is 45.4 Å². The lowest BCUT2D eigenvalue weighted by atomic mass is 10.1. The van der Waals surface area contributed by atoms with E-state index in [0.29, 0.717) is 0 Å². The van der Waals surface area contributed by atoms with Gasteiger partial charge in [-0.1, -0.05) is 18.1 Å². The molecule has 0 unspecified atom stereocenters. The number of allylic oxidation sites excluding steroid dienone is 5. The molecule has 0 atom stereocenters. The lowest BCUT2D eigenvalue weighted by Gasteiger charge is -1.93. The third-order valence-electron chi connectivity index (χ3n) is 2.41. The molecule has 0 aromatic heterocycles. The first-order valence-corrected chi connectivity index (χ1v) is 6.59. The van der Waals surface area contributed by atoms with Crippen molar-refractivity contribution in [2.75, 3.05) is 0 Å². The van der Waals surface area contributed by atoms with Crippen LogP contribution in [0, 0.1) is 11.8 Å². The van der Waals surface area contributed by atoms with Crippen molar-refractivity contribution in [3.8, 4) is 11.8 Å². The smallest absolute Gasteiger partial charge is 0.00293 e. The highest BCUT2D eigenvalue weighted by molar-refractivity contribution is 5.31. The molecule has 0 nitrogen and oxygen atoms in total. The van der Waals surface area contributed by atoms with Gasteiger partial charge in [0.25, 0.3) is 0 Å². The molecule has 0 amide bonds. The van der Waals surface area contributed by atoms with Crippen molar-refractivity contribution in [3.05, 3.63) is 54.8 Å². The molecule has 0 rings (SSSR count). The van der Waals surface area contributed by atoms with Crippen molar-refractivity contribution in [1.82, 2.24) is 0 Å². The summed E-state index contributed by atoms with van der Waals surface area (Å²) in [5.74, 6) is 6.04. The summed E-state index contributed by atoms with van der Waals surface area (Å²) >= 11 is 0. The summed E-state index contributed by atoms with van der Waals surface area (Å²) in [6, 6.07) is 0. The van der Waals surface area contributed by atoms with E-state index in [0.717, 1.165) is 31.3 Å². The van der Waals surface area contributed by atoms with Gasteiger partial charge in [0, 0.05) is 5.57 Å². The second kappa shape index (κ2) is 13.4. The van der Waals surface area contributed by atoms with Gasteiger partial charge in [-0.3, -0.25) is 0 Å². The molecular formula is C18H24. The van der Waals surface area contributed by atoms with Gasteiger partial charge in [0.05, 0.1) is 0 Å². The summed E-state index contributed by atoms with van der Waals surface area (Å²) in [5, 5.41) is 0. The third kappa shape index (κ3) is 10.8. The fraction of sp³-hybridized carbons (Fsp3) is 0.389. The van der Waals surface area contributed by atoms with Crippen LogP contribution in [0.25, 0.3) is 0 Å². The molecule has 0 aromatic carbocycles. The maximum atomic E-state index is 3.72. The van der Waals surface area contributed by atoms with Crippen molar-refractivity contribution in [1.29, 1.82) is 0 Å². The average molecular weight is 240 g/mol. The minimum atomic E-state index is 0.960. The van der Waals surface area contributed by atoms with Gasteiger partial charge in [0.15, 0.2) is 0 Å². The van der Waals surface area contributed by atoms with Gasteiger partial charge in [-0.05, 0) is 63.7 Å². The van der Waals surface area contributed by atoms with E-state index in [9.17, 15) is 0 Å². The molecule has 0 N–H and O–H groups in total. The predicted molar refractivity (Wildman–Crippen MR) is 82.3 cm³/mol. The van der Waals surface area contributed by atoms with E-state index in [1.54, 1.807) is 0 Å². The Bertz CT molecular complexity index is 376. The highest BCUT2D eigenvalue weighted by Crippen LogP contribution is 2.04. The fourth-order valence-corrected chi connectivity index (χ4v) is 1.44. The predicted octanol–water partition coefficient (Wildman–Crippen LogP) is 5.36. The molecule has 0 bridgehead atoms. The molecule has 0 heterocycles. The van der Waals surface area contributed by atoms with Gasteiger partial charge in [-0.2, -0.15) is 0 Å². The molecule has 0 saturated heterocycles. The van der Waals surface area contributed by atoms with Crippen molar-refractivity contribution >= 4 is 0 Å². The maximum Gasteiger partial charge on any atom is 0.00293 e. The summed E-state index contributed by atoms with van der Waals surface area (Å²) < 4.78 is 0. The van der Waals surface area contributed by atoms with E-state index >= 15 is 0 Å². The van der Waals surface area contributed by atoms with Crippen LogP contribution in [0.5, 0.6) is 0 Å². The fourth-order valence-electron chi connectivity index (χ4n) is 1.44. The molecular weight excluding hydrogens is 216 g/mol. The van der Waals surface area contributed by atoms with Gasteiger partial charge in [-0.15, -0.1) is 24.8 Å². The standard InChI is InChI=1S/C18H24/c1-4-7-9-10-11-12-13-14-17-18(15-6-3)16-8-5-2/h4-5,12,14,17H,1-2,7-11,16H2,3H3/b18-17-. The van der Waals surface area contributed by atoms with Crippen molar-refractivity contribution < 1.29 is 0 Å². The van der Waals surface area contributed by atoms with Gasteiger partial charge in [0.1, 0.15) is 0 Å². The Labute approximate surface area is 112 Å². The van der Waals surface area contributed by atoms with Gasteiger partial charge >= 0.3 is 0 Å². The number of rotatable bonds is 9. The first kappa shape index (κ1) is 16.3. The Morgan fingerprint density at radius 3 is 2.44 bits per heavy atom. The molecule has 0 spiro atoms. The molecule has 96 valence electrons. The lowest BCUT2D eigenvalue weighted by molar-refractivity contribution is 0.763. The molecule has 0 heteroatoms. The van der Waals surface area contributed by atoms with Crippen LogP contribution in [0.15, 0.2) is 54.8 Å².